The molecule has 0 radical (unpaired) electrons. The molecule has 1 atom stereocenters. The zero-order valence-corrected chi connectivity index (χ0v) is 12.8. The fourth-order valence-corrected chi connectivity index (χ4v) is 2.83. The summed E-state index contributed by atoms with van der Waals surface area (Å²) in [7, 11) is 0. The molecule has 6 heteroatoms. The highest BCUT2D eigenvalue weighted by atomic mass is 32.2. The van der Waals surface area contributed by atoms with Crippen LogP contribution in [0.5, 0.6) is 0 Å². The van der Waals surface area contributed by atoms with Crippen molar-refractivity contribution in [1.82, 2.24) is 5.32 Å². The maximum Gasteiger partial charge on any atom is 0.251 e. The lowest BCUT2D eigenvalue weighted by Crippen LogP contribution is -2.37. The van der Waals surface area contributed by atoms with Gasteiger partial charge in [-0.15, -0.1) is 0 Å². The third-order valence-electron chi connectivity index (χ3n) is 3.16. The Kier molecular flexibility index (Phi) is 5.01. The Bertz CT molecular complexity index is 572. The number of carbonyl (C=O) groups is 3. The van der Waals surface area contributed by atoms with Crippen LogP contribution in [0, 0.1) is 5.92 Å². The first-order valence-corrected chi connectivity index (χ1v) is 7.84. The van der Waals surface area contributed by atoms with Crippen LogP contribution in [0.15, 0.2) is 24.3 Å². The molecule has 1 aliphatic heterocycles. The molecule has 1 fully saturated rings. The van der Waals surface area contributed by atoms with E-state index in [4.69, 9.17) is 0 Å². The van der Waals surface area contributed by atoms with E-state index in [0.29, 0.717) is 17.7 Å². The molecule has 112 valence electrons. The number of thioether (sulfide) groups is 1. The number of benzene rings is 1. The van der Waals surface area contributed by atoms with Gasteiger partial charge in [0.25, 0.3) is 5.91 Å². The monoisotopic (exact) mass is 306 g/mol. The minimum atomic E-state index is -0.406. The van der Waals surface area contributed by atoms with Gasteiger partial charge in [0.2, 0.25) is 11.0 Å². The highest BCUT2D eigenvalue weighted by Crippen LogP contribution is 2.20. The molecule has 0 unspecified atom stereocenters. The SMILES string of the molecule is CC(C)C(=O)Nc1cccc(C(=O)N[C@H]2CCSC2=O)c1. The third-order valence-corrected chi connectivity index (χ3v) is 4.17. The van der Waals surface area contributed by atoms with Gasteiger partial charge in [0.1, 0.15) is 0 Å². The summed E-state index contributed by atoms with van der Waals surface area (Å²) < 4.78 is 0. The van der Waals surface area contributed by atoms with Crippen molar-refractivity contribution in [2.45, 2.75) is 26.3 Å². The Morgan fingerprint density at radius 2 is 2.10 bits per heavy atom. The van der Waals surface area contributed by atoms with Gasteiger partial charge >= 0.3 is 0 Å². The number of carbonyl (C=O) groups excluding carboxylic acids is 3. The Morgan fingerprint density at radius 1 is 1.33 bits per heavy atom. The molecule has 2 amide bonds. The zero-order chi connectivity index (χ0) is 15.4. The van der Waals surface area contributed by atoms with Crippen LogP contribution < -0.4 is 10.6 Å². The molecule has 1 saturated heterocycles. The lowest BCUT2D eigenvalue weighted by atomic mass is 10.1. The largest absolute Gasteiger partial charge is 0.341 e. The number of rotatable bonds is 4. The normalized spacial score (nSPS) is 17.9. The molecule has 1 aliphatic rings. The Hall–Kier alpha value is -1.82. The van der Waals surface area contributed by atoms with Crippen molar-refractivity contribution in [2.24, 2.45) is 5.92 Å². The topological polar surface area (TPSA) is 75.3 Å². The average molecular weight is 306 g/mol. The van der Waals surface area contributed by atoms with Gasteiger partial charge < -0.3 is 10.6 Å². The molecule has 2 rings (SSSR count). The van der Waals surface area contributed by atoms with Crippen molar-refractivity contribution in [1.29, 1.82) is 0 Å². The Balaban J connectivity index is 2.04. The number of hydrogen-bond donors (Lipinski definition) is 2. The lowest BCUT2D eigenvalue weighted by molar-refractivity contribution is -0.119. The predicted molar refractivity (Wildman–Crippen MR) is 83.2 cm³/mol. The summed E-state index contributed by atoms with van der Waals surface area (Å²) in [6.07, 6.45) is 0.666. The molecule has 0 bridgehead atoms. The van der Waals surface area contributed by atoms with Gasteiger partial charge in [-0.3, -0.25) is 14.4 Å². The van der Waals surface area contributed by atoms with Crippen LogP contribution in [0.25, 0.3) is 0 Å². The van der Waals surface area contributed by atoms with Crippen LogP contribution in [0.3, 0.4) is 0 Å². The molecule has 5 nitrogen and oxygen atoms in total. The highest BCUT2D eigenvalue weighted by molar-refractivity contribution is 8.14. The van der Waals surface area contributed by atoms with Crippen LogP contribution in [-0.2, 0) is 9.59 Å². The average Bonchev–Trinajstić information content (AvgIpc) is 2.84. The molecule has 0 aliphatic carbocycles. The van der Waals surface area contributed by atoms with E-state index in [9.17, 15) is 14.4 Å². The van der Waals surface area contributed by atoms with E-state index in [-0.39, 0.29) is 22.8 Å². The molecule has 1 aromatic carbocycles. The minimum absolute atomic E-state index is 0.00705. The quantitative estimate of drug-likeness (QED) is 0.892. The van der Waals surface area contributed by atoms with Crippen molar-refractivity contribution in [2.75, 3.05) is 11.1 Å². The standard InChI is InChI=1S/C15H18N2O3S/c1-9(2)13(18)16-11-5-3-4-10(8-11)14(19)17-12-6-7-21-15(12)20/h3-5,8-9,12H,6-7H2,1-2H3,(H,16,18)(H,17,19)/t12-/m0/s1. The fraction of sp³-hybridized carbons (Fsp3) is 0.400. The summed E-state index contributed by atoms with van der Waals surface area (Å²) >= 11 is 1.25. The molecule has 21 heavy (non-hydrogen) atoms. The molecular weight excluding hydrogens is 288 g/mol. The smallest absolute Gasteiger partial charge is 0.251 e. The highest BCUT2D eigenvalue weighted by Gasteiger charge is 2.27. The summed E-state index contributed by atoms with van der Waals surface area (Å²) in [5.41, 5.74) is 1.01. The summed E-state index contributed by atoms with van der Waals surface area (Å²) in [5.74, 6) is 0.218. The summed E-state index contributed by atoms with van der Waals surface area (Å²) in [5, 5.41) is 5.48. The molecule has 0 saturated carbocycles. The molecular formula is C15H18N2O3S. The van der Waals surface area contributed by atoms with E-state index in [1.54, 1.807) is 38.1 Å². The van der Waals surface area contributed by atoms with Gasteiger partial charge in [-0.1, -0.05) is 31.7 Å². The van der Waals surface area contributed by atoms with Gasteiger partial charge in [0.15, 0.2) is 0 Å². The van der Waals surface area contributed by atoms with Crippen LogP contribution in [-0.4, -0.2) is 28.7 Å². The van der Waals surface area contributed by atoms with Gasteiger partial charge in [-0.05, 0) is 24.6 Å². The predicted octanol–water partition coefficient (Wildman–Crippen LogP) is 2.04. The molecule has 0 aromatic heterocycles. The molecule has 0 spiro atoms. The Morgan fingerprint density at radius 3 is 2.71 bits per heavy atom. The van der Waals surface area contributed by atoms with E-state index in [1.807, 2.05) is 0 Å². The first kappa shape index (κ1) is 15.6. The van der Waals surface area contributed by atoms with Crippen molar-refractivity contribution in [3.8, 4) is 0 Å². The number of anilines is 1. The first-order chi connectivity index (χ1) is 9.97. The zero-order valence-electron chi connectivity index (χ0n) is 12.0. The number of hydrogen-bond acceptors (Lipinski definition) is 4. The van der Waals surface area contributed by atoms with Crippen molar-refractivity contribution in [3.63, 3.8) is 0 Å². The van der Waals surface area contributed by atoms with E-state index in [0.717, 1.165) is 5.75 Å². The van der Waals surface area contributed by atoms with E-state index < -0.39 is 6.04 Å². The van der Waals surface area contributed by atoms with Crippen LogP contribution in [0.1, 0.15) is 30.6 Å². The maximum atomic E-state index is 12.1. The van der Waals surface area contributed by atoms with E-state index in [2.05, 4.69) is 10.6 Å². The second kappa shape index (κ2) is 6.76. The summed E-state index contributed by atoms with van der Waals surface area (Å²) in [6, 6.07) is 6.30. The van der Waals surface area contributed by atoms with Crippen LogP contribution in [0.4, 0.5) is 5.69 Å². The molecule has 1 heterocycles. The van der Waals surface area contributed by atoms with Gasteiger partial charge in [0.05, 0.1) is 6.04 Å². The van der Waals surface area contributed by atoms with Crippen molar-refractivity contribution >= 4 is 34.4 Å². The second-order valence-corrected chi connectivity index (χ2v) is 6.31. The maximum absolute atomic E-state index is 12.1. The number of amides is 2. The van der Waals surface area contributed by atoms with Crippen LogP contribution >= 0.6 is 11.8 Å². The van der Waals surface area contributed by atoms with Crippen molar-refractivity contribution < 1.29 is 14.4 Å². The van der Waals surface area contributed by atoms with Gasteiger partial charge in [-0.2, -0.15) is 0 Å². The summed E-state index contributed by atoms with van der Waals surface area (Å²) in [6.45, 7) is 3.60. The minimum Gasteiger partial charge on any atom is -0.341 e. The van der Waals surface area contributed by atoms with Gasteiger partial charge in [0, 0.05) is 22.9 Å². The fourth-order valence-electron chi connectivity index (χ4n) is 1.89. The first-order valence-electron chi connectivity index (χ1n) is 6.86. The third kappa shape index (κ3) is 4.07. The number of nitrogens with one attached hydrogen (secondary N) is 2. The van der Waals surface area contributed by atoms with Crippen molar-refractivity contribution in [3.05, 3.63) is 29.8 Å². The molecule has 1 aromatic rings. The summed E-state index contributed by atoms with van der Waals surface area (Å²) in [4.78, 5) is 35.3. The lowest BCUT2D eigenvalue weighted by Gasteiger charge is -2.12. The Labute approximate surface area is 127 Å². The van der Waals surface area contributed by atoms with E-state index >= 15 is 0 Å². The van der Waals surface area contributed by atoms with Crippen LogP contribution in [0.2, 0.25) is 0 Å². The van der Waals surface area contributed by atoms with Gasteiger partial charge in [-0.25, -0.2) is 0 Å². The van der Waals surface area contributed by atoms with E-state index in [1.165, 1.54) is 11.8 Å². The second-order valence-electron chi connectivity index (χ2n) is 5.21. The molecule has 2 N–H and O–H groups in total.